The van der Waals surface area contributed by atoms with Gasteiger partial charge < -0.3 is 15.0 Å². The summed E-state index contributed by atoms with van der Waals surface area (Å²) in [5.41, 5.74) is -0.534. The van der Waals surface area contributed by atoms with Gasteiger partial charge in [-0.2, -0.15) is 0 Å². The van der Waals surface area contributed by atoms with Crippen LogP contribution < -0.4 is 5.32 Å². The van der Waals surface area contributed by atoms with Gasteiger partial charge in [-0.1, -0.05) is 0 Å². The highest BCUT2D eigenvalue weighted by atomic mass is 19.1. The van der Waals surface area contributed by atoms with E-state index in [2.05, 4.69) is 5.32 Å². The third kappa shape index (κ3) is 4.89. The number of nitrogens with zero attached hydrogens (tertiary/aromatic N) is 1. The van der Waals surface area contributed by atoms with Gasteiger partial charge in [-0.3, -0.25) is 0 Å². The highest BCUT2D eigenvalue weighted by molar-refractivity contribution is 5.68. The highest BCUT2D eigenvalue weighted by Crippen LogP contribution is 2.15. The van der Waals surface area contributed by atoms with E-state index >= 15 is 0 Å². The SMILES string of the molecule is CC(C)(C)OC(=O)N(CCF)C1CCCNC1. The molecule has 1 amide bonds. The monoisotopic (exact) mass is 246 g/mol. The van der Waals surface area contributed by atoms with Gasteiger partial charge >= 0.3 is 6.09 Å². The van der Waals surface area contributed by atoms with Crippen LogP contribution in [-0.2, 0) is 4.74 Å². The van der Waals surface area contributed by atoms with E-state index in [4.69, 9.17) is 4.74 Å². The molecule has 1 N–H and O–H groups in total. The average molecular weight is 246 g/mol. The van der Waals surface area contributed by atoms with Crippen LogP contribution in [0, 0.1) is 0 Å². The lowest BCUT2D eigenvalue weighted by molar-refractivity contribution is 0.0122. The Hall–Kier alpha value is -0.840. The van der Waals surface area contributed by atoms with Crippen LogP contribution in [0.15, 0.2) is 0 Å². The maximum absolute atomic E-state index is 12.5. The van der Waals surface area contributed by atoms with Crippen LogP contribution in [0.1, 0.15) is 33.6 Å². The number of amides is 1. The number of halogens is 1. The summed E-state index contributed by atoms with van der Waals surface area (Å²) in [7, 11) is 0. The van der Waals surface area contributed by atoms with Crippen molar-refractivity contribution in [2.75, 3.05) is 26.3 Å². The van der Waals surface area contributed by atoms with Crippen molar-refractivity contribution < 1.29 is 13.9 Å². The van der Waals surface area contributed by atoms with Crippen molar-refractivity contribution in [2.24, 2.45) is 0 Å². The Labute approximate surface area is 102 Å². The molecular formula is C12H23FN2O2. The molecule has 1 unspecified atom stereocenters. The summed E-state index contributed by atoms with van der Waals surface area (Å²) < 4.78 is 17.8. The van der Waals surface area contributed by atoms with Gasteiger partial charge in [-0.25, -0.2) is 9.18 Å². The molecule has 1 fully saturated rings. The molecule has 0 radical (unpaired) electrons. The Bertz CT molecular complexity index is 247. The van der Waals surface area contributed by atoms with Crippen molar-refractivity contribution in [3.63, 3.8) is 0 Å². The van der Waals surface area contributed by atoms with Gasteiger partial charge in [-0.05, 0) is 40.2 Å². The van der Waals surface area contributed by atoms with E-state index < -0.39 is 18.4 Å². The number of alkyl halides is 1. The minimum atomic E-state index is -0.534. The summed E-state index contributed by atoms with van der Waals surface area (Å²) in [4.78, 5) is 13.5. The second kappa shape index (κ2) is 6.19. The third-order valence-corrected chi connectivity index (χ3v) is 2.67. The molecule has 0 spiro atoms. The Kier molecular flexibility index (Phi) is 5.18. The van der Waals surface area contributed by atoms with Crippen molar-refractivity contribution >= 4 is 6.09 Å². The van der Waals surface area contributed by atoms with Gasteiger partial charge in [0.05, 0.1) is 6.54 Å². The molecule has 5 heteroatoms. The van der Waals surface area contributed by atoms with Crippen LogP contribution in [0.5, 0.6) is 0 Å². The summed E-state index contributed by atoms with van der Waals surface area (Å²) in [5.74, 6) is 0. The fraction of sp³-hybridized carbons (Fsp3) is 0.917. The van der Waals surface area contributed by atoms with Crippen LogP contribution in [0.4, 0.5) is 9.18 Å². The molecular weight excluding hydrogens is 223 g/mol. The lowest BCUT2D eigenvalue weighted by Gasteiger charge is -2.35. The fourth-order valence-electron chi connectivity index (χ4n) is 1.93. The van der Waals surface area contributed by atoms with Crippen molar-refractivity contribution in [1.29, 1.82) is 0 Å². The first-order chi connectivity index (χ1) is 7.94. The van der Waals surface area contributed by atoms with E-state index in [1.807, 2.05) is 20.8 Å². The molecule has 0 aliphatic carbocycles. The van der Waals surface area contributed by atoms with Crippen LogP contribution in [0.3, 0.4) is 0 Å². The second-order valence-corrected chi connectivity index (χ2v) is 5.36. The largest absolute Gasteiger partial charge is 0.444 e. The molecule has 1 heterocycles. The molecule has 0 saturated carbocycles. The molecule has 4 nitrogen and oxygen atoms in total. The zero-order chi connectivity index (χ0) is 12.9. The van der Waals surface area contributed by atoms with Gasteiger partial charge in [0.15, 0.2) is 0 Å². The Balaban J connectivity index is 2.60. The molecule has 1 atom stereocenters. The van der Waals surface area contributed by atoms with E-state index in [9.17, 15) is 9.18 Å². The number of rotatable bonds is 3. The number of hydrogen-bond donors (Lipinski definition) is 1. The summed E-state index contributed by atoms with van der Waals surface area (Å²) in [6.45, 7) is 6.72. The lowest BCUT2D eigenvalue weighted by Crippen LogP contribution is -2.50. The predicted molar refractivity (Wildman–Crippen MR) is 64.8 cm³/mol. The van der Waals surface area contributed by atoms with Crippen molar-refractivity contribution in [1.82, 2.24) is 10.2 Å². The topological polar surface area (TPSA) is 41.6 Å². The van der Waals surface area contributed by atoms with E-state index in [1.54, 1.807) is 0 Å². The van der Waals surface area contributed by atoms with Gasteiger partial charge in [0.25, 0.3) is 0 Å². The lowest BCUT2D eigenvalue weighted by atomic mass is 10.1. The van der Waals surface area contributed by atoms with E-state index in [0.29, 0.717) is 0 Å². The highest BCUT2D eigenvalue weighted by Gasteiger charge is 2.28. The van der Waals surface area contributed by atoms with Crippen molar-refractivity contribution in [3.8, 4) is 0 Å². The number of piperidine rings is 1. The zero-order valence-corrected chi connectivity index (χ0v) is 11.0. The van der Waals surface area contributed by atoms with Crippen LogP contribution in [0.2, 0.25) is 0 Å². The van der Waals surface area contributed by atoms with Gasteiger partial charge in [-0.15, -0.1) is 0 Å². The summed E-state index contributed by atoms with van der Waals surface area (Å²) in [6, 6.07) is 0.0503. The normalized spacial score (nSPS) is 21.1. The standard InChI is InChI=1S/C12H23FN2O2/c1-12(2,3)17-11(16)15(8-6-13)10-5-4-7-14-9-10/h10,14H,4-9H2,1-3H3. The Morgan fingerprint density at radius 2 is 2.24 bits per heavy atom. The number of ether oxygens (including phenoxy) is 1. The predicted octanol–water partition coefficient (Wildman–Crippen LogP) is 1.95. The van der Waals surface area contributed by atoms with E-state index in [0.717, 1.165) is 25.9 Å². The smallest absolute Gasteiger partial charge is 0.410 e. The molecule has 1 aliphatic rings. The van der Waals surface area contributed by atoms with Crippen LogP contribution in [-0.4, -0.2) is 48.9 Å². The Morgan fingerprint density at radius 1 is 1.53 bits per heavy atom. The fourth-order valence-corrected chi connectivity index (χ4v) is 1.93. The molecule has 1 saturated heterocycles. The third-order valence-electron chi connectivity index (χ3n) is 2.67. The molecule has 1 aliphatic heterocycles. The molecule has 0 aromatic rings. The minimum Gasteiger partial charge on any atom is -0.444 e. The van der Waals surface area contributed by atoms with Gasteiger partial charge in [0.1, 0.15) is 12.3 Å². The molecule has 0 aromatic carbocycles. The molecule has 0 bridgehead atoms. The number of hydrogen-bond acceptors (Lipinski definition) is 3. The quantitative estimate of drug-likeness (QED) is 0.827. The second-order valence-electron chi connectivity index (χ2n) is 5.36. The summed E-state index contributed by atoms with van der Waals surface area (Å²) in [6.07, 6.45) is 1.51. The molecule has 100 valence electrons. The number of carbonyl (C=O) groups is 1. The van der Waals surface area contributed by atoms with Gasteiger partial charge in [0.2, 0.25) is 0 Å². The van der Waals surface area contributed by atoms with Crippen molar-refractivity contribution in [3.05, 3.63) is 0 Å². The minimum absolute atomic E-state index is 0.0503. The van der Waals surface area contributed by atoms with Crippen LogP contribution >= 0.6 is 0 Å². The summed E-state index contributed by atoms with van der Waals surface area (Å²) in [5, 5.41) is 3.22. The first-order valence-electron chi connectivity index (χ1n) is 6.20. The van der Waals surface area contributed by atoms with E-state index in [-0.39, 0.29) is 12.6 Å². The van der Waals surface area contributed by atoms with Crippen molar-refractivity contribution in [2.45, 2.75) is 45.3 Å². The van der Waals surface area contributed by atoms with E-state index in [1.165, 1.54) is 4.90 Å². The van der Waals surface area contributed by atoms with Gasteiger partial charge in [0, 0.05) is 12.6 Å². The average Bonchev–Trinajstić information content (AvgIpc) is 2.24. The first-order valence-corrected chi connectivity index (χ1v) is 6.20. The number of nitrogens with one attached hydrogen (secondary N) is 1. The number of carbonyl (C=O) groups excluding carboxylic acids is 1. The summed E-state index contributed by atoms with van der Waals surface area (Å²) >= 11 is 0. The van der Waals surface area contributed by atoms with Crippen LogP contribution in [0.25, 0.3) is 0 Å². The first kappa shape index (κ1) is 14.2. The Morgan fingerprint density at radius 3 is 2.71 bits per heavy atom. The maximum Gasteiger partial charge on any atom is 0.410 e. The molecule has 1 rings (SSSR count). The zero-order valence-electron chi connectivity index (χ0n) is 11.0. The molecule has 0 aromatic heterocycles. The maximum atomic E-state index is 12.5. The molecule has 17 heavy (non-hydrogen) atoms.